The van der Waals surface area contributed by atoms with Gasteiger partial charge in [0.05, 0.1) is 5.69 Å². The van der Waals surface area contributed by atoms with Crippen LogP contribution in [0.2, 0.25) is 0 Å². The van der Waals surface area contributed by atoms with E-state index in [-0.39, 0.29) is 0 Å². The first-order valence-electron chi connectivity index (χ1n) is 6.51. The van der Waals surface area contributed by atoms with E-state index >= 15 is 0 Å². The monoisotopic (exact) mass is 232 g/mol. The van der Waals surface area contributed by atoms with Crippen LogP contribution in [0.3, 0.4) is 0 Å². The van der Waals surface area contributed by atoms with Gasteiger partial charge in [0.15, 0.2) is 0 Å². The molecule has 17 heavy (non-hydrogen) atoms. The molecule has 1 aromatic carbocycles. The van der Waals surface area contributed by atoms with Gasteiger partial charge in [-0.05, 0) is 51.3 Å². The third-order valence-corrected chi connectivity index (χ3v) is 2.84. The van der Waals surface area contributed by atoms with Gasteiger partial charge in [-0.1, -0.05) is 31.0 Å². The first kappa shape index (κ1) is 13.9. The summed E-state index contributed by atoms with van der Waals surface area (Å²) in [5.41, 5.74) is 10.5. The largest absolute Gasteiger partial charge is 0.330 e. The molecular weight excluding hydrogens is 208 g/mol. The molecule has 1 rings (SSSR count). The lowest BCUT2D eigenvalue weighted by Gasteiger charge is -2.07. The third-order valence-electron chi connectivity index (χ3n) is 2.84. The minimum absolute atomic E-state index is 0.746. The average Bonchev–Trinajstić information content (AvgIpc) is 2.29. The van der Waals surface area contributed by atoms with Crippen molar-refractivity contribution in [3.05, 3.63) is 29.3 Å². The van der Waals surface area contributed by atoms with Crippen molar-refractivity contribution in [2.24, 2.45) is 10.7 Å². The summed E-state index contributed by atoms with van der Waals surface area (Å²) in [6.45, 7) is 7.18. The standard InChI is InChI=1S/C15H24N2/c1-4-6-14(7-5-10-16)17-15-9-8-12(2)11-13(15)3/h8-9,11H,4-7,10,16H2,1-3H3. The second-order valence-corrected chi connectivity index (χ2v) is 4.61. The molecule has 0 amide bonds. The van der Waals surface area contributed by atoms with Crippen LogP contribution in [0.4, 0.5) is 5.69 Å². The minimum Gasteiger partial charge on any atom is -0.330 e. The number of nitrogens with zero attached hydrogens (tertiary/aromatic N) is 1. The highest BCUT2D eigenvalue weighted by Gasteiger charge is 2.01. The molecule has 0 spiro atoms. The van der Waals surface area contributed by atoms with Crippen molar-refractivity contribution in [1.82, 2.24) is 0 Å². The van der Waals surface area contributed by atoms with Crippen molar-refractivity contribution in [3.8, 4) is 0 Å². The van der Waals surface area contributed by atoms with Crippen LogP contribution in [0, 0.1) is 13.8 Å². The molecule has 2 nitrogen and oxygen atoms in total. The Morgan fingerprint density at radius 2 is 2.00 bits per heavy atom. The van der Waals surface area contributed by atoms with E-state index < -0.39 is 0 Å². The molecule has 0 aliphatic carbocycles. The van der Waals surface area contributed by atoms with Gasteiger partial charge in [0.1, 0.15) is 0 Å². The van der Waals surface area contributed by atoms with Crippen LogP contribution in [0.1, 0.15) is 43.7 Å². The lowest BCUT2D eigenvalue weighted by atomic mass is 10.1. The van der Waals surface area contributed by atoms with Gasteiger partial charge >= 0.3 is 0 Å². The smallest absolute Gasteiger partial charge is 0.0658 e. The lowest BCUT2D eigenvalue weighted by Crippen LogP contribution is -2.04. The normalized spacial score (nSPS) is 11.9. The Balaban J connectivity index is 2.87. The summed E-state index contributed by atoms with van der Waals surface area (Å²) in [6, 6.07) is 6.42. The first-order valence-corrected chi connectivity index (χ1v) is 6.51. The molecule has 0 atom stereocenters. The zero-order chi connectivity index (χ0) is 12.7. The fraction of sp³-hybridized carbons (Fsp3) is 0.533. The van der Waals surface area contributed by atoms with E-state index in [4.69, 9.17) is 10.7 Å². The van der Waals surface area contributed by atoms with E-state index in [0.29, 0.717) is 0 Å². The molecule has 0 aliphatic rings. The molecule has 0 heterocycles. The maximum absolute atomic E-state index is 5.56. The predicted octanol–water partition coefficient (Wildman–Crippen LogP) is 3.91. The van der Waals surface area contributed by atoms with Crippen LogP contribution >= 0.6 is 0 Å². The molecule has 0 bridgehead atoms. The van der Waals surface area contributed by atoms with Crippen molar-refractivity contribution in [2.75, 3.05) is 6.54 Å². The third kappa shape index (κ3) is 4.70. The molecular formula is C15H24N2. The Morgan fingerprint density at radius 1 is 1.24 bits per heavy atom. The topological polar surface area (TPSA) is 38.4 Å². The molecule has 0 aromatic heterocycles. The van der Waals surface area contributed by atoms with Gasteiger partial charge < -0.3 is 5.73 Å². The summed E-state index contributed by atoms with van der Waals surface area (Å²) < 4.78 is 0. The molecule has 0 fully saturated rings. The van der Waals surface area contributed by atoms with Crippen molar-refractivity contribution in [2.45, 2.75) is 46.5 Å². The number of benzene rings is 1. The summed E-state index contributed by atoms with van der Waals surface area (Å²) in [6.07, 6.45) is 4.28. The quantitative estimate of drug-likeness (QED) is 0.742. The maximum Gasteiger partial charge on any atom is 0.0658 e. The zero-order valence-corrected chi connectivity index (χ0v) is 11.3. The molecule has 2 N–H and O–H groups in total. The highest BCUT2D eigenvalue weighted by Crippen LogP contribution is 2.21. The SMILES string of the molecule is CCCC(CCCN)=Nc1ccc(C)cc1C. The minimum atomic E-state index is 0.746. The van der Waals surface area contributed by atoms with Gasteiger partial charge in [-0.15, -0.1) is 0 Å². The first-order chi connectivity index (χ1) is 8.17. The Labute approximate surface area is 105 Å². The zero-order valence-electron chi connectivity index (χ0n) is 11.3. The molecule has 0 unspecified atom stereocenters. The molecule has 0 saturated carbocycles. The summed E-state index contributed by atoms with van der Waals surface area (Å²) in [5.74, 6) is 0. The van der Waals surface area contributed by atoms with Crippen LogP contribution in [0.5, 0.6) is 0 Å². The maximum atomic E-state index is 5.56. The van der Waals surface area contributed by atoms with Crippen LogP contribution in [-0.4, -0.2) is 12.3 Å². The van der Waals surface area contributed by atoms with Crippen LogP contribution < -0.4 is 5.73 Å². The van der Waals surface area contributed by atoms with Gasteiger partial charge in [0.25, 0.3) is 0 Å². The van der Waals surface area contributed by atoms with Gasteiger partial charge in [-0.3, -0.25) is 4.99 Å². The van der Waals surface area contributed by atoms with Gasteiger partial charge in [0.2, 0.25) is 0 Å². The lowest BCUT2D eigenvalue weighted by molar-refractivity contribution is 0.849. The predicted molar refractivity (Wildman–Crippen MR) is 76.2 cm³/mol. The molecule has 2 heteroatoms. The van der Waals surface area contributed by atoms with Crippen molar-refractivity contribution < 1.29 is 0 Å². The Morgan fingerprint density at radius 3 is 2.59 bits per heavy atom. The van der Waals surface area contributed by atoms with E-state index in [1.54, 1.807) is 0 Å². The van der Waals surface area contributed by atoms with Gasteiger partial charge in [-0.2, -0.15) is 0 Å². The van der Waals surface area contributed by atoms with Gasteiger partial charge in [-0.25, -0.2) is 0 Å². The Bertz CT molecular complexity index is 381. The number of hydrogen-bond acceptors (Lipinski definition) is 2. The summed E-state index contributed by atoms with van der Waals surface area (Å²) >= 11 is 0. The van der Waals surface area contributed by atoms with Crippen LogP contribution in [-0.2, 0) is 0 Å². The number of hydrogen-bond donors (Lipinski definition) is 1. The van der Waals surface area contributed by atoms with E-state index in [1.165, 1.54) is 16.8 Å². The fourth-order valence-corrected chi connectivity index (χ4v) is 1.93. The molecule has 0 saturated heterocycles. The number of rotatable bonds is 6. The van der Waals surface area contributed by atoms with E-state index in [0.717, 1.165) is 37.9 Å². The van der Waals surface area contributed by atoms with E-state index in [9.17, 15) is 0 Å². The highest BCUT2D eigenvalue weighted by molar-refractivity contribution is 5.87. The van der Waals surface area contributed by atoms with E-state index in [2.05, 4.69) is 39.0 Å². The fourth-order valence-electron chi connectivity index (χ4n) is 1.93. The molecule has 0 aliphatic heterocycles. The van der Waals surface area contributed by atoms with Crippen molar-refractivity contribution >= 4 is 11.4 Å². The van der Waals surface area contributed by atoms with Crippen LogP contribution in [0.25, 0.3) is 0 Å². The van der Waals surface area contributed by atoms with Crippen molar-refractivity contribution in [1.29, 1.82) is 0 Å². The molecule has 1 aromatic rings. The second kappa shape index (κ2) is 7.23. The van der Waals surface area contributed by atoms with Crippen molar-refractivity contribution in [3.63, 3.8) is 0 Å². The number of nitrogens with two attached hydrogens (primary N) is 1. The highest BCUT2D eigenvalue weighted by atomic mass is 14.7. The second-order valence-electron chi connectivity index (χ2n) is 4.61. The number of aryl methyl sites for hydroxylation is 2. The Hall–Kier alpha value is -1.15. The summed E-state index contributed by atoms with van der Waals surface area (Å²) in [5, 5.41) is 0. The summed E-state index contributed by atoms with van der Waals surface area (Å²) in [7, 11) is 0. The molecule has 0 radical (unpaired) electrons. The molecule has 94 valence electrons. The average molecular weight is 232 g/mol. The summed E-state index contributed by atoms with van der Waals surface area (Å²) in [4.78, 5) is 4.79. The number of aliphatic imine (C=N–C) groups is 1. The van der Waals surface area contributed by atoms with E-state index in [1.807, 2.05) is 0 Å². The van der Waals surface area contributed by atoms with Gasteiger partial charge in [0, 0.05) is 5.71 Å². The van der Waals surface area contributed by atoms with Crippen LogP contribution in [0.15, 0.2) is 23.2 Å². The Kier molecular flexibility index (Phi) is 5.92.